The van der Waals surface area contributed by atoms with Gasteiger partial charge in [-0.3, -0.25) is 0 Å². The van der Waals surface area contributed by atoms with E-state index in [1.54, 1.807) is 0 Å². The van der Waals surface area contributed by atoms with Gasteiger partial charge in [-0.25, -0.2) is 0 Å². The van der Waals surface area contributed by atoms with Crippen LogP contribution in [-0.4, -0.2) is 17.0 Å². The molecule has 0 heterocycles. The van der Waals surface area contributed by atoms with Crippen LogP contribution in [0.5, 0.6) is 0 Å². The van der Waals surface area contributed by atoms with Gasteiger partial charge >= 0.3 is 0 Å². The SMILES string of the molecule is CC1CCCCC1OC(C)(C)CBr. The van der Waals surface area contributed by atoms with Crippen LogP contribution >= 0.6 is 15.9 Å². The Kier molecular flexibility index (Phi) is 4.24. The number of ether oxygens (including phenoxy) is 1. The predicted molar refractivity (Wildman–Crippen MR) is 60.4 cm³/mol. The summed E-state index contributed by atoms with van der Waals surface area (Å²) in [6, 6.07) is 0. The molecule has 1 rings (SSSR count). The van der Waals surface area contributed by atoms with Crippen LogP contribution in [0.1, 0.15) is 46.5 Å². The number of alkyl halides is 1. The lowest BCUT2D eigenvalue weighted by Crippen LogP contribution is -2.36. The van der Waals surface area contributed by atoms with Gasteiger partial charge in [0.05, 0.1) is 11.7 Å². The van der Waals surface area contributed by atoms with E-state index in [0.29, 0.717) is 6.10 Å². The van der Waals surface area contributed by atoms with Gasteiger partial charge < -0.3 is 4.74 Å². The van der Waals surface area contributed by atoms with Gasteiger partial charge in [-0.2, -0.15) is 0 Å². The van der Waals surface area contributed by atoms with Gasteiger partial charge in [-0.05, 0) is 32.6 Å². The Morgan fingerprint density at radius 3 is 2.46 bits per heavy atom. The molecule has 0 saturated heterocycles. The van der Waals surface area contributed by atoms with E-state index in [1.165, 1.54) is 25.7 Å². The third-order valence-electron chi connectivity index (χ3n) is 2.83. The van der Waals surface area contributed by atoms with Gasteiger partial charge in [0.2, 0.25) is 0 Å². The molecule has 2 atom stereocenters. The van der Waals surface area contributed by atoms with Crippen LogP contribution in [0.25, 0.3) is 0 Å². The molecule has 0 amide bonds. The highest BCUT2D eigenvalue weighted by atomic mass is 79.9. The Labute approximate surface area is 90.4 Å². The fourth-order valence-corrected chi connectivity index (χ4v) is 2.03. The lowest BCUT2D eigenvalue weighted by atomic mass is 9.87. The van der Waals surface area contributed by atoms with Crippen molar-refractivity contribution in [1.82, 2.24) is 0 Å². The lowest BCUT2D eigenvalue weighted by molar-refractivity contribution is -0.0914. The second-order valence-electron chi connectivity index (χ2n) is 4.81. The van der Waals surface area contributed by atoms with Crippen molar-refractivity contribution in [2.75, 3.05) is 5.33 Å². The molecule has 0 aromatic rings. The molecule has 0 aliphatic heterocycles. The van der Waals surface area contributed by atoms with Crippen molar-refractivity contribution in [3.05, 3.63) is 0 Å². The van der Waals surface area contributed by atoms with Gasteiger partial charge in [0.25, 0.3) is 0 Å². The third kappa shape index (κ3) is 3.59. The summed E-state index contributed by atoms with van der Waals surface area (Å²) in [5.74, 6) is 0.743. The molecule has 1 fully saturated rings. The largest absolute Gasteiger partial charge is 0.371 e. The van der Waals surface area contributed by atoms with Crippen molar-refractivity contribution < 1.29 is 4.74 Å². The highest BCUT2D eigenvalue weighted by molar-refractivity contribution is 9.09. The molecule has 1 aliphatic carbocycles. The quantitative estimate of drug-likeness (QED) is 0.692. The number of hydrogen-bond acceptors (Lipinski definition) is 1. The minimum atomic E-state index is -0.00370. The van der Waals surface area contributed by atoms with Gasteiger partial charge in [0.15, 0.2) is 0 Å². The summed E-state index contributed by atoms with van der Waals surface area (Å²) in [7, 11) is 0. The molecule has 1 aliphatic rings. The molecule has 13 heavy (non-hydrogen) atoms. The van der Waals surface area contributed by atoms with Crippen molar-refractivity contribution in [1.29, 1.82) is 0 Å². The van der Waals surface area contributed by atoms with Crippen LogP contribution in [0.15, 0.2) is 0 Å². The van der Waals surface area contributed by atoms with E-state index in [2.05, 4.69) is 36.7 Å². The zero-order valence-corrected chi connectivity index (χ0v) is 10.6. The van der Waals surface area contributed by atoms with Crippen LogP contribution in [0, 0.1) is 5.92 Å². The van der Waals surface area contributed by atoms with E-state index in [0.717, 1.165) is 11.2 Å². The van der Waals surface area contributed by atoms with Crippen LogP contribution in [-0.2, 0) is 4.74 Å². The average molecular weight is 249 g/mol. The molecule has 0 aromatic heterocycles. The van der Waals surface area contributed by atoms with E-state index >= 15 is 0 Å². The predicted octanol–water partition coefficient (Wildman–Crippen LogP) is 3.76. The second-order valence-corrected chi connectivity index (χ2v) is 5.37. The van der Waals surface area contributed by atoms with Crippen molar-refractivity contribution in [3.8, 4) is 0 Å². The molecule has 0 spiro atoms. The zero-order valence-electron chi connectivity index (χ0n) is 8.98. The minimum absolute atomic E-state index is 0.00370. The minimum Gasteiger partial charge on any atom is -0.371 e. The second kappa shape index (κ2) is 4.79. The number of rotatable bonds is 3. The van der Waals surface area contributed by atoms with Crippen LogP contribution < -0.4 is 0 Å². The van der Waals surface area contributed by atoms with Gasteiger partial charge in [0, 0.05) is 5.33 Å². The zero-order chi connectivity index (χ0) is 9.90. The van der Waals surface area contributed by atoms with E-state index in [-0.39, 0.29) is 5.60 Å². The van der Waals surface area contributed by atoms with Crippen LogP contribution in [0.4, 0.5) is 0 Å². The Bertz CT molecular complexity index is 156. The summed E-state index contributed by atoms with van der Waals surface area (Å²) in [5.41, 5.74) is -0.00370. The molecule has 2 unspecified atom stereocenters. The Hall–Kier alpha value is 0.440. The first kappa shape index (κ1) is 11.5. The summed E-state index contributed by atoms with van der Waals surface area (Å²) in [5, 5.41) is 0.920. The number of halogens is 1. The van der Waals surface area contributed by atoms with Crippen molar-refractivity contribution in [2.45, 2.75) is 58.2 Å². The highest BCUT2D eigenvalue weighted by Gasteiger charge is 2.28. The third-order valence-corrected chi connectivity index (χ3v) is 4.18. The van der Waals surface area contributed by atoms with Crippen molar-refractivity contribution >= 4 is 15.9 Å². The summed E-state index contributed by atoms with van der Waals surface area (Å²) in [6.45, 7) is 6.63. The molecule has 2 heteroatoms. The fourth-order valence-electron chi connectivity index (χ4n) is 1.90. The molecule has 1 saturated carbocycles. The number of hydrogen-bond donors (Lipinski definition) is 0. The molecular formula is C11H21BrO. The molecule has 0 radical (unpaired) electrons. The van der Waals surface area contributed by atoms with Crippen LogP contribution in [0.2, 0.25) is 0 Å². The summed E-state index contributed by atoms with van der Waals surface area (Å²) in [6.07, 6.45) is 5.80. The first-order valence-electron chi connectivity index (χ1n) is 5.29. The van der Waals surface area contributed by atoms with Crippen molar-refractivity contribution in [3.63, 3.8) is 0 Å². The van der Waals surface area contributed by atoms with Gasteiger partial charge in [0.1, 0.15) is 0 Å². The molecular weight excluding hydrogens is 228 g/mol. The Balaban J connectivity index is 2.42. The normalized spacial score (nSPS) is 30.5. The van der Waals surface area contributed by atoms with E-state index in [9.17, 15) is 0 Å². The van der Waals surface area contributed by atoms with E-state index in [1.807, 2.05) is 0 Å². The standard InChI is InChI=1S/C11H21BrO/c1-9-6-4-5-7-10(9)13-11(2,3)8-12/h9-10H,4-8H2,1-3H3. The first-order valence-corrected chi connectivity index (χ1v) is 6.41. The average Bonchev–Trinajstić information content (AvgIpc) is 2.09. The summed E-state index contributed by atoms with van der Waals surface area (Å²) in [4.78, 5) is 0. The monoisotopic (exact) mass is 248 g/mol. The first-order chi connectivity index (χ1) is 6.05. The molecule has 1 nitrogen and oxygen atoms in total. The maximum Gasteiger partial charge on any atom is 0.0726 e. The maximum absolute atomic E-state index is 6.09. The maximum atomic E-state index is 6.09. The van der Waals surface area contributed by atoms with E-state index in [4.69, 9.17) is 4.74 Å². The summed E-state index contributed by atoms with van der Waals surface area (Å²) >= 11 is 3.49. The van der Waals surface area contributed by atoms with Crippen LogP contribution in [0.3, 0.4) is 0 Å². The Morgan fingerprint density at radius 1 is 1.31 bits per heavy atom. The van der Waals surface area contributed by atoms with Gasteiger partial charge in [-0.15, -0.1) is 0 Å². The lowest BCUT2D eigenvalue weighted by Gasteiger charge is -2.35. The molecule has 0 aromatic carbocycles. The van der Waals surface area contributed by atoms with E-state index < -0.39 is 0 Å². The molecule has 78 valence electrons. The van der Waals surface area contributed by atoms with Gasteiger partial charge in [-0.1, -0.05) is 35.7 Å². The molecule has 0 bridgehead atoms. The summed E-state index contributed by atoms with van der Waals surface area (Å²) < 4.78 is 6.09. The Morgan fingerprint density at radius 2 is 1.92 bits per heavy atom. The molecule has 0 N–H and O–H groups in total. The van der Waals surface area contributed by atoms with Crippen molar-refractivity contribution in [2.24, 2.45) is 5.92 Å². The smallest absolute Gasteiger partial charge is 0.0726 e. The fraction of sp³-hybridized carbons (Fsp3) is 1.00. The topological polar surface area (TPSA) is 9.23 Å². The highest BCUT2D eigenvalue weighted by Crippen LogP contribution is 2.30.